The van der Waals surface area contributed by atoms with Crippen molar-refractivity contribution >= 4 is 29.2 Å². The lowest BCUT2D eigenvalue weighted by molar-refractivity contribution is -0.143. The standard InChI is InChI=1S/C7H14O2S2/c1-5(8-6(10)11)9-7(2,3)4/h5H,1-4H3,(H,10,11). The van der Waals surface area contributed by atoms with Crippen LogP contribution in [0.15, 0.2) is 0 Å². The first kappa shape index (κ1) is 11.2. The molecule has 0 aliphatic rings. The lowest BCUT2D eigenvalue weighted by atomic mass is 10.2. The maximum Gasteiger partial charge on any atom is 0.219 e. The van der Waals surface area contributed by atoms with E-state index in [1.54, 1.807) is 6.92 Å². The topological polar surface area (TPSA) is 18.5 Å². The summed E-state index contributed by atoms with van der Waals surface area (Å²) in [4.78, 5) is 0. The monoisotopic (exact) mass is 194 g/mol. The van der Waals surface area contributed by atoms with Crippen LogP contribution < -0.4 is 0 Å². The second-order valence-corrected chi connectivity index (χ2v) is 4.26. The van der Waals surface area contributed by atoms with E-state index < -0.39 is 0 Å². The number of thiocarbonyl (C=S) groups is 1. The van der Waals surface area contributed by atoms with Gasteiger partial charge in [-0.1, -0.05) is 12.6 Å². The third kappa shape index (κ3) is 8.10. The van der Waals surface area contributed by atoms with Crippen LogP contribution in [0.4, 0.5) is 0 Å². The van der Waals surface area contributed by atoms with E-state index in [0.717, 1.165) is 0 Å². The third-order valence-electron chi connectivity index (χ3n) is 0.786. The van der Waals surface area contributed by atoms with Gasteiger partial charge < -0.3 is 9.47 Å². The van der Waals surface area contributed by atoms with Crippen LogP contribution in [-0.4, -0.2) is 16.3 Å². The maximum atomic E-state index is 5.39. The minimum absolute atomic E-state index is 0.210. The van der Waals surface area contributed by atoms with Gasteiger partial charge in [0, 0.05) is 0 Å². The molecule has 0 rings (SSSR count). The molecule has 1 unspecified atom stereocenters. The average molecular weight is 194 g/mol. The quantitative estimate of drug-likeness (QED) is 0.413. The minimum atomic E-state index is -0.333. The molecular formula is C7H14O2S2. The van der Waals surface area contributed by atoms with E-state index >= 15 is 0 Å². The Balaban J connectivity index is 3.69. The van der Waals surface area contributed by atoms with Gasteiger partial charge in [-0.25, -0.2) is 0 Å². The van der Waals surface area contributed by atoms with Crippen molar-refractivity contribution < 1.29 is 9.47 Å². The van der Waals surface area contributed by atoms with E-state index in [0.29, 0.717) is 0 Å². The third-order valence-corrected chi connectivity index (χ3v) is 0.988. The molecule has 0 saturated carbocycles. The Morgan fingerprint density at radius 3 is 2.18 bits per heavy atom. The molecule has 0 aliphatic carbocycles. The van der Waals surface area contributed by atoms with Crippen LogP contribution in [0.5, 0.6) is 0 Å². The number of hydrogen-bond donors (Lipinski definition) is 1. The lowest BCUT2D eigenvalue weighted by Crippen LogP contribution is -2.27. The van der Waals surface area contributed by atoms with Gasteiger partial charge in [-0.3, -0.25) is 0 Å². The van der Waals surface area contributed by atoms with Crippen molar-refractivity contribution in [2.75, 3.05) is 0 Å². The number of hydrogen-bond acceptors (Lipinski definition) is 3. The summed E-state index contributed by atoms with van der Waals surface area (Å²) in [6, 6.07) is 0. The number of ether oxygens (including phenoxy) is 2. The molecule has 0 bridgehead atoms. The summed E-state index contributed by atoms with van der Waals surface area (Å²) in [6.45, 7) is 7.64. The van der Waals surface area contributed by atoms with Crippen molar-refractivity contribution in [3.8, 4) is 0 Å². The summed E-state index contributed by atoms with van der Waals surface area (Å²) in [5.74, 6) is 0. The highest BCUT2D eigenvalue weighted by atomic mass is 32.1. The molecule has 0 heterocycles. The predicted molar refractivity (Wildman–Crippen MR) is 53.0 cm³/mol. The number of rotatable bonds is 2. The van der Waals surface area contributed by atoms with Crippen LogP contribution in [0.3, 0.4) is 0 Å². The highest BCUT2D eigenvalue weighted by Crippen LogP contribution is 2.11. The Kier molecular flexibility index (Phi) is 4.36. The summed E-state index contributed by atoms with van der Waals surface area (Å²) in [5, 5.41) is 0. The Morgan fingerprint density at radius 2 is 1.91 bits per heavy atom. The summed E-state index contributed by atoms with van der Waals surface area (Å²) in [5.41, 5.74) is -0.210. The zero-order valence-corrected chi connectivity index (χ0v) is 8.96. The van der Waals surface area contributed by atoms with Crippen molar-refractivity contribution in [2.24, 2.45) is 0 Å². The van der Waals surface area contributed by atoms with Gasteiger partial charge in [-0.2, -0.15) is 0 Å². The summed E-state index contributed by atoms with van der Waals surface area (Å²) in [7, 11) is 0. The van der Waals surface area contributed by atoms with Gasteiger partial charge in [-0.05, 0) is 39.9 Å². The Morgan fingerprint density at radius 1 is 1.45 bits per heavy atom. The first-order valence-corrected chi connectivity index (χ1v) is 4.24. The van der Waals surface area contributed by atoms with Crippen LogP contribution in [0.1, 0.15) is 27.7 Å². The largest absolute Gasteiger partial charge is 0.449 e. The van der Waals surface area contributed by atoms with E-state index in [1.165, 1.54) is 0 Å². The molecular weight excluding hydrogens is 180 g/mol. The molecule has 1 atom stereocenters. The molecule has 2 nitrogen and oxygen atoms in total. The molecule has 0 radical (unpaired) electrons. The molecule has 11 heavy (non-hydrogen) atoms. The average Bonchev–Trinajstić information content (AvgIpc) is 1.53. The maximum absolute atomic E-state index is 5.39. The SMILES string of the molecule is CC(OC(=S)S)OC(C)(C)C. The zero-order chi connectivity index (χ0) is 9.07. The minimum Gasteiger partial charge on any atom is -0.449 e. The predicted octanol–water partition coefficient (Wildman–Crippen LogP) is 2.38. The van der Waals surface area contributed by atoms with Crippen molar-refractivity contribution in [3.05, 3.63) is 0 Å². The van der Waals surface area contributed by atoms with Gasteiger partial charge in [0.25, 0.3) is 0 Å². The first-order chi connectivity index (χ1) is 4.81. The fraction of sp³-hybridized carbons (Fsp3) is 0.857. The molecule has 4 heteroatoms. The van der Waals surface area contributed by atoms with Gasteiger partial charge in [0.05, 0.1) is 5.60 Å². The van der Waals surface area contributed by atoms with Crippen molar-refractivity contribution in [3.63, 3.8) is 0 Å². The molecule has 66 valence electrons. The van der Waals surface area contributed by atoms with Gasteiger partial charge >= 0.3 is 0 Å². The summed E-state index contributed by atoms with van der Waals surface area (Å²) < 4.78 is 10.6. The Labute approximate surface area is 78.7 Å². The summed E-state index contributed by atoms with van der Waals surface area (Å²) >= 11 is 8.44. The van der Waals surface area contributed by atoms with E-state index in [9.17, 15) is 0 Å². The van der Waals surface area contributed by atoms with Gasteiger partial charge in [0.15, 0.2) is 6.29 Å². The zero-order valence-electron chi connectivity index (χ0n) is 7.25. The highest BCUT2D eigenvalue weighted by Gasteiger charge is 2.15. The normalized spacial score (nSPS) is 14.3. The first-order valence-electron chi connectivity index (χ1n) is 3.38. The van der Waals surface area contributed by atoms with Gasteiger partial charge in [0.2, 0.25) is 4.38 Å². The molecule has 0 amide bonds. The molecule has 0 saturated heterocycles. The molecule has 0 aromatic heterocycles. The molecule has 0 N–H and O–H groups in total. The molecule has 0 aromatic carbocycles. The molecule has 0 aromatic rings. The second kappa shape index (κ2) is 4.28. The van der Waals surface area contributed by atoms with Crippen LogP contribution in [0, 0.1) is 0 Å². The Hall–Kier alpha value is 0.200. The fourth-order valence-electron chi connectivity index (χ4n) is 0.664. The Bertz CT molecular complexity index is 140. The highest BCUT2D eigenvalue weighted by molar-refractivity contribution is 8.10. The van der Waals surface area contributed by atoms with Crippen LogP contribution in [-0.2, 0) is 9.47 Å². The smallest absolute Gasteiger partial charge is 0.219 e. The molecule has 0 aliphatic heterocycles. The molecule has 0 fully saturated rings. The number of thiol groups is 1. The van der Waals surface area contributed by atoms with Gasteiger partial charge in [0.1, 0.15) is 0 Å². The van der Waals surface area contributed by atoms with E-state index in [4.69, 9.17) is 9.47 Å². The summed E-state index contributed by atoms with van der Waals surface area (Å²) in [6.07, 6.45) is -0.333. The fourth-order valence-corrected chi connectivity index (χ4v) is 0.948. The van der Waals surface area contributed by atoms with Crippen LogP contribution >= 0.6 is 24.8 Å². The second-order valence-electron chi connectivity index (χ2n) is 3.18. The lowest BCUT2D eigenvalue weighted by Gasteiger charge is -2.24. The van der Waals surface area contributed by atoms with Crippen molar-refractivity contribution in [1.29, 1.82) is 0 Å². The van der Waals surface area contributed by atoms with Crippen molar-refractivity contribution in [1.82, 2.24) is 0 Å². The molecule has 0 spiro atoms. The van der Waals surface area contributed by atoms with E-state index in [1.807, 2.05) is 20.8 Å². The van der Waals surface area contributed by atoms with Crippen molar-refractivity contribution in [2.45, 2.75) is 39.6 Å². The van der Waals surface area contributed by atoms with Crippen LogP contribution in [0.25, 0.3) is 0 Å². The van der Waals surface area contributed by atoms with E-state index in [2.05, 4.69) is 24.8 Å². The van der Waals surface area contributed by atoms with Crippen LogP contribution in [0.2, 0.25) is 0 Å². The van der Waals surface area contributed by atoms with E-state index in [-0.39, 0.29) is 16.3 Å². The van der Waals surface area contributed by atoms with Gasteiger partial charge in [-0.15, -0.1) is 0 Å².